The van der Waals surface area contributed by atoms with Crippen molar-refractivity contribution < 1.29 is 13.7 Å². The van der Waals surface area contributed by atoms with Crippen LogP contribution in [-0.2, 0) is 24.2 Å². The first-order valence-electron chi connectivity index (χ1n) is 6.28. The van der Waals surface area contributed by atoms with Crippen LogP contribution in [0.4, 0.5) is 4.39 Å². The van der Waals surface area contributed by atoms with Crippen molar-refractivity contribution >= 4 is 21.8 Å². The molecule has 0 fully saturated rings. The zero-order valence-corrected chi connectivity index (χ0v) is 12.2. The molecule has 0 radical (unpaired) electrons. The van der Waals surface area contributed by atoms with E-state index in [1.165, 1.54) is 12.3 Å². The summed E-state index contributed by atoms with van der Waals surface area (Å²) >= 11 is 3.43. The topological polar surface area (TPSA) is 46.3 Å². The van der Waals surface area contributed by atoms with E-state index in [2.05, 4.69) is 21.1 Å². The van der Waals surface area contributed by atoms with Gasteiger partial charge in [-0.1, -0.05) is 21.1 Å². The van der Waals surface area contributed by atoms with Crippen molar-refractivity contribution in [2.75, 3.05) is 6.54 Å². The molecule has 0 aliphatic carbocycles. The first-order chi connectivity index (χ1) is 9.65. The minimum absolute atomic E-state index is 0.0658. The third-order valence-electron chi connectivity index (χ3n) is 3.47. The molecule has 20 heavy (non-hydrogen) atoms. The molecule has 0 unspecified atom stereocenters. The highest BCUT2D eigenvalue weighted by atomic mass is 79.9. The van der Waals surface area contributed by atoms with Gasteiger partial charge in [-0.2, -0.15) is 0 Å². The Morgan fingerprint density at radius 2 is 2.25 bits per heavy atom. The lowest BCUT2D eigenvalue weighted by molar-refractivity contribution is -0.131. The fourth-order valence-corrected chi connectivity index (χ4v) is 2.97. The molecule has 104 valence electrons. The molecule has 1 aliphatic heterocycles. The number of carbonyl (C=O) groups is 1. The first kappa shape index (κ1) is 13.3. The molecule has 3 rings (SSSR count). The average molecular weight is 339 g/mol. The smallest absolute Gasteiger partial charge is 0.229 e. The fraction of sp³-hybridized carbons (Fsp3) is 0.286. The van der Waals surface area contributed by atoms with Crippen LogP contribution in [0.1, 0.15) is 16.8 Å². The summed E-state index contributed by atoms with van der Waals surface area (Å²) in [5, 5.41) is 3.72. The van der Waals surface area contributed by atoms with Crippen LogP contribution in [0.15, 0.2) is 33.5 Å². The molecule has 2 heterocycles. The highest BCUT2D eigenvalue weighted by Crippen LogP contribution is 2.28. The summed E-state index contributed by atoms with van der Waals surface area (Å²) in [5.74, 6) is -0.328. The number of carbonyl (C=O) groups excluding carboxylic acids is 1. The number of benzene rings is 1. The summed E-state index contributed by atoms with van der Waals surface area (Å²) in [5.41, 5.74) is 2.14. The van der Waals surface area contributed by atoms with Crippen LogP contribution in [0.2, 0.25) is 0 Å². The first-order valence-corrected chi connectivity index (χ1v) is 7.07. The van der Waals surface area contributed by atoms with E-state index in [1.54, 1.807) is 17.0 Å². The van der Waals surface area contributed by atoms with Gasteiger partial charge in [0.05, 0.1) is 12.1 Å². The van der Waals surface area contributed by atoms with Crippen molar-refractivity contribution in [3.8, 4) is 0 Å². The van der Waals surface area contributed by atoms with E-state index < -0.39 is 0 Å². The van der Waals surface area contributed by atoms with Crippen molar-refractivity contribution in [3.63, 3.8) is 0 Å². The van der Waals surface area contributed by atoms with Crippen LogP contribution in [0, 0.1) is 5.82 Å². The van der Waals surface area contributed by atoms with Crippen LogP contribution in [-0.4, -0.2) is 22.5 Å². The monoisotopic (exact) mass is 338 g/mol. The Balaban J connectivity index is 1.78. The second kappa shape index (κ2) is 5.36. The van der Waals surface area contributed by atoms with E-state index in [4.69, 9.17) is 4.52 Å². The van der Waals surface area contributed by atoms with Gasteiger partial charge in [0.1, 0.15) is 12.1 Å². The molecule has 4 nitrogen and oxygen atoms in total. The molecule has 1 aromatic carbocycles. The quantitative estimate of drug-likeness (QED) is 0.845. The van der Waals surface area contributed by atoms with Crippen LogP contribution in [0.5, 0.6) is 0 Å². The van der Waals surface area contributed by atoms with Crippen molar-refractivity contribution in [2.45, 2.75) is 19.4 Å². The third kappa shape index (κ3) is 2.47. The maximum absolute atomic E-state index is 13.9. The summed E-state index contributed by atoms with van der Waals surface area (Å²) in [6.45, 7) is 0.892. The molecule has 6 heteroatoms. The van der Waals surface area contributed by atoms with Crippen LogP contribution in [0.3, 0.4) is 0 Å². The van der Waals surface area contributed by atoms with Gasteiger partial charge in [0.15, 0.2) is 0 Å². The van der Waals surface area contributed by atoms with E-state index in [0.29, 0.717) is 30.8 Å². The number of hydrogen-bond acceptors (Lipinski definition) is 3. The Kier molecular flexibility index (Phi) is 3.56. The van der Waals surface area contributed by atoms with E-state index in [0.717, 1.165) is 10.0 Å². The lowest BCUT2D eigenvalue weighted by atomic mass is 9.99. The fourth-order valence-electron chi connectivity index (χ4n) is 2.40. The number of fused-ring (bicyclic) bond motifs is 1. The molecule has 1 aromatic heterocycles. The van der Waals surface area contributed by atoms with Gasteiger partial charge in [0.25, 0.3) is 0 Å². The number of halogens is 2. The van der Waals surface area contributed by atoms with Gasteiger partial charge < -0.3 is 9.42 Å². The Morgan fingerprint density at radius 3 is 3.00 bits per heavy atom. The summed E-state index contributed by atoms with van der Waals surface area (Å²) in [7, 11) is 0. The Labute approximate surface area is 123 Å². The van der Waals surface area contributed by atoms with E-state index in [1.807, 2.05) is 0 Å². The SMILES string of the molecule is O=C(Cc1ccon1)N1CCc2c(Br)ccc(F)c2C1. The molecular formula is C14H12BrFN2O2. The summed E-state index contributed by atoms with van der Waals surface area (Å²) in [4.78, 5) is 13.8. The Morgan fingerprint density at radius 1 is 1.40 bits per heavy atom. The van der Waals surface area contributed by atoms with Gasteiger partial charge in [0, 0.05) is 29.2 Å². The van der Waals surface area contributed by atoms with E-state index in [-0.39, 0.29) is 18.1 Å². The molecule has 0 bridgehead atoms. The lowest BCUT2D eigenvalue weighted by Crippen LogP contribution is -2.37. The average Bonchev–Trinajstić information content (AvgIpc) is 2.95. The van der Waals surface area contributed by atoms with E-state index >= 15 is 0 Å². The number of rotatable bonds is 2. The van der Waals surface area contributed by atoms with Crippen molar-refractivity contribution in [2.24, 2.45) is 0 Å². The highest BCUT2D eigenvalue weighted by molar-refractivity contribution is 9.10. The zero-order chi connectivity index (χ0) is 14.1. The van der Waals surface area contributed by atoms with Gasteiger partial charge in [-0.05, 0) is 24.1 Å². The van der Waals surface area contributed by atoms with E-state index in [9.17, 15) is 9.18 Å². The number of aromatic nitrogens is 1. The molecular weight excluding hydrogens is 327 g/mol. The predicted octanol–water partition coefficient (Wildman–Crippen LogP) is 2.70. The largest absolute Gasteiger partial charge is 0.364 e. The number of amides is 1. The second-order valence-corrected chi connectivity index (χ2v) is 5.57. The summed E-state index contributed by atoms with van der Waals surface area (Å²) < 4.78 is 19.5. The molecule has 0 saturated heterocycles. The molecule has 0 spiro atoms. The minimum atomic E-state index is -0.262. The van der Waals surface area contributed by atoms with Gasteiger partial charge in [-0.25, -0.2) is 4.39 Å². The number of hydrogen-bond donors (Lipinski definition) is 0. The van der Waals surface area contributed by atoms with Crippen LogP contribution >= 0.6 is 15.9 Å². The lowest BCUT2D eigenvalue weighted by Gasteiger charge is -2.29. The molecule has 1 amide bonds. The maximum atomic E-state index is 13.9. The van der Waals surface area contributed by atoms with Crippen LogP contribution in [0.25, 0.3) is 0 Å². The predicted molar refractivity (Wildman–Crippen MR) is 73.4 cm³/mol. The summed E-state index contributed by atoms with van der Waals surface area (Å²) in [6.07, 6.45) is 2.27. The summed E-state index contributed by atoms with van der Waals surface area (Å²) in [6, 6.07) is 4.79. The highest BCUT2D eigenvalue weighted by Gasteiger charge is 2.25. The van der Waals surface area contributed by atoms with Crippen molar-refractivity contribution in [1.82, 2.24) is 10.1 Å². The third-order valence-corrected chi connectivity index (χ3v) is 4.22. The van der Waals surface area contributed by atoms with Gasteiger partial charge in [0.2, 0.25) is 5.91 Å². The van der Waals surface area contributed by atoms with Crippen LogP contribution < -0.4 is 0 Å². The van der Waals surface area contributed by atoms with Crippen molar-refractivity contribution in [3.05, 3.63) is 51.6 Å². The Hall–Kier alpha value is -1.69. The molecule has 0 N–H and O–H groups in total. The number of nitrogens with zero attached hydrogens (tertiary/aromatic N) is 2. The zero-order valence-electron chi connectivity index (χ0n) is 10.6. The second-order valence-electron chi connectivity index (χ2n) is 4.72. The minimum Gasteiger partial charge on any atom is -0.364 e. The molecule has 1 aliphatic rings. The molecule has 2 aromatic rings. The van der Waals surface area contributed by atoms with Gasteiger partial charge in [-0.15, -0.1) is 0 Å². The van der Waals surface area contributed by atoms with Gasteiger partial charge in [-0.3, -0.25) is 4.79 Å². The normalized spacial score (nSPS) is 14.2. The van der Waals surface area contributed by atoms with Crippen molar-refractivity contribution in [1.29, 1.82) is 0 Å². The standard InChI is InChI=1S/C14H12BrFN2O2/c15-12-1-2-13(16)11-8-18(5-3-10(11)12)14(19)7-9-4-6-20-17-9/h1-2,4,6H,3,5,7-8H2. The molecule has 0 atom stereocenters. The maximum Gasteiger partial charge on any atom is 0.229 e. The molecule has 0 saturated carbocycles. The van der Waals surface area contributed by atoms with Gasteiger partial charge >= 0.3 is 0 Å². The Bertz CT molecular complexity index is 643.